The Bertz CT molecular complexity index is 326. The molecule has 1 heterocycles. The predicted molar refractivity (Wildman–Crippen MR) is 70.0 cm³/mol. The van der Waals surface area contributed by atoms with Gasteiger partial charge < -0.3 is 10.2 Å². The molecule has 0 aromatic heterocycles. The fraction of sp³-hybridized carbons (Fsp3) is 0.933. The summed E-state index contributed by atoms with van der Waals surface area (Å²) in [6, 6.07) is 0. The van der Waals surface area contributed by atoms with Crippen LogP contribution in [0.2, 0.25) is 0 Å². The zero-order valence-electron chi connectivity index (χ0n) is 11.1. The number of amides is 1. The van der Waals surface area contributed by atoms with E-state index >= 15 is 0 Å². The first-order chi connectivity index (χ1) is 8.79. The second-order valence-electron chi connectivity index (χ2n) is 7.11. The quantitative estimate of drug-likeness (QED) is 0.803. The molecule has 5 aliphatic rings. The van der Waals surface area contributed by atoms with Crippen LogP contribution in [0.15, 0.2) is 0 Å². The molecule has 0 aromatic carbocycles. The zero-order valence-corrected chi connectivity index (χ0v) is 11.1. The van der Waals surface area contributed by atoms with Crippen molar-refractivity contribution < 1.29 is 4.79 Å². The number of piperazine rings is 1. The van der Waals surface area contributed by atoms with Crippen molar-refractivity contribution in [2.24, 2.45) is 29.6 Å². The average molecular weight is 248 g/mol. The summed E-state index contributed by atoms with van der Waals surface area (Å²) in [6.45, 7) is 3.54. The van der Waals surface area contributed by atoms with Crippen LogP contribution in [0.3, 0.4) is 0 Å². The Morgan fingerprint density at radius 3 is 2.33 bits per heavy atom. The Balaban J connectivity index is 1.46. The Hall–Kier alpha value is -0.570. The van der Waals surface area contributed by atoms with Crippen molar-refractivity contribution in [1.82, 2.24) is 10.2 Å². The minimum atomic E-state index is 0.329. The normalized spacial score (nSPS) is 46.8. The number of carbonyl (C=O) groups excluding carboxylic acids is 1. The van der Waals surface area contributed by atoms with Crippen LogP contribution in [0, 0.1) is 29.6 Å². The van der Waals surface area contributed by atoms with Crippen molar-refractivity contribution in [2.45, 2.75) is 32.1 Å². The Kier molecular flexibility index (Phi) is 2.65. The number of hydrogen-bond acceptors (Lipinski definition) is 2. The Morgan fingerprint density at radius 1 is 1.06 bits per heavy atom. The third-order valence-corrected chi connectivity index (χ3v) is 6.04. The molecule has 0 unspecified atom stereocenters. The van der Waals surface area contributed by atoms with Crippen LogP contribution in [0.4, 0.5) is 0 Å². The van der Waals surface area contributed by atoms with Gasteiger partial charge in [0, 0.05) is 19.6 Å². The summed E-state index contributed by atoms with van der Waals surface area (Å²) in [4.78, 5) is 14.1. The first-order valence-corrected chi connectivity index (χ1v) is 7.78. The molecule has 1 amide bonds. The van der Waals surface area contributed by atoms with E-state index in [9.17, 15) is 4.79 Å². The smallest absolute Gasteiger partial charge is 0.236 e. The van der Waals surface area contributed by atoms with Gasteiger partial charge in [-0.25, -0.2) is 0 Å². The van der Waals surface area contributed by atoms with E-state index in [0.717, 1.165) is 49.2 Å². The molecule has 0 spiro atoms. The first-order valence-electron chi connectivity index (χ1n) is 7.78. The van der Waals surface area contributed by atoms with E-state index in [1.54, 1.807) is 0 Å². The lowest BCUT2D eigenvalue weighted by Crippen LogP contribution is -2.54. The Morgan fingerprint density at radius 2 is 1.72 bits per heavy atom. The van der Waals surface area contributed by atoms with Gasteiger partial charge in [-0.3, -0.25) is 4.79 Å². The monoisotopic (exact) mass is 248 g/mol. The minimum Gasteiger partial charge on any atom is -0.340 e. The minimum absolute atomic E-state index is 0.329. The molecule has 4 saturated carbocycles. The summed E-state index contributed by atoms with van der Waals surface area (Å²) in [7, 11) is 0. The third-order valence-electron chi connectivity index (χ3n) is 6.04. The zero-order chi connectivity index (χ0) is 12.1. The van der Waals surface area contributed by atoms with Crippen LogP contribution in [0.1, 0.15) is 32.1 Å². The lowest BCUT2D eigenvalue weighted by atomic mass is 9.52. The van der Waals surface area contributed by atoms with Gasteiger partial charge in [0.15, 0.2) is 0 Å². The van der Waals surface area contributed by atoms with E-state index in [1.165, 1.54) is 32.1 Å². The van der Waals surface area contributed by atoms with Gasteiger partial charge in [-0.05, 0) is 61.7 Å². The van der Waals surface area contributed by atoms with Crippen molar-refractivity contribution >= 4 is 5.91 Å². The standard InChI is InChI=1S/C15H24N2O/c18-15-8-16-1-2-17(15)9-14-12-4-10-3-11(6-12)7-13(14)5-10/h10-14,16H,1-9H2. The molecule has 5 rings (SSSR count). The van der Waals surface area contributed by atoms with E-state index in [4.69, 9.17) is 0 Å². The van der Waals surface area contributed by atoms with Crippen LogP contribution >= 0.6 is 0 Å². The molecule has 100 valence electrons. The van der Waals surface area contributed by atoms with Gasteiger partial charge in [-0.1, -0.05) is 0 Å². The molecule has 1 N–H and O–H groups in total. The van der Waals surface area contributed by atoms with Crippen molar-refractivity contribution in [3.05, 3.63) is 0 Å². The van der Waals surface area contributed by atoms with Crippen LogP contribution in [-0.4, -0.2) is 37.0 Å². The number of hydrogen-bond donors (Lipinski definition) is 1. The highest BCUT2D eigenvalue weighted by Crippen LogP contribution is 2.56. The van der Waals surface area contributed by atoms with Crippen molar-refractivity contribution in [3.8, 4) is 0 Å². The second-order valence-corrected chi connectivity index (χ2v) is 7.11. The molecular formula is C15H24N2O. The van der Waals surface area contributed by atoms with Crippen molar-refractivity contribution in [3.63, 3.8) is 0 Å². The highest BCUT2D eigenvalue weighted by Gasteiger charge is 2.48. The molecule has 0 aromatic rings. The topological polar surface area (TPSA) is 32.3 Å². The fourth-order valence-corrected chi connectivity index (χ4v) is 5.43. The van der Waals surface area contributed by atoms with E-state index in [-0.39, 0.29) is 0 Å². The van der Waals surface area contributed by atoms with Crippen molar-refractivity contribution in [1.29, 1.82) is 0 Å². The largest absolute Gasteiger partial charge is 0.340 e. The number of nitrogens with zero attached hydrogens (tertiary/aromatic N) is 1. The molecule has 0 radical (unpaired) electrons. The SMILES string of the molecule is O=C1CNCCN1CC1C2CC3CC(C2)CC1C3. The average Bonchev–Trinajstić information content (AvgIpc) is 2.35. The highest BCUT2D eigenvalue weighted by molar-refractivity contribution is 5.79. The van der Waals surface area contributed by atoms with E-state index in [0.29, 0.717) is 12.5 Å². The van der Waals surface area contributed by atoms with Crippen LogP contribution in [0.25, 0.3) is 0 Å². The summed E-state index contributed by atoms with van der Waals surface area (Å²) < 4.78 is 0. The molecule has 18 heavy (non-hydrogen) atoms. The molecule has 1 saturated heterocycles. The molecule has 3 nitrogen and oxygen atoms in total. The molecule has 1 aliphatic heterocycles. The predicted octanol–water partition coefficient (Wildman–Crippen LogP) is 1.49. The first kappa shape index (κ1) is 11.3. The van der Waals surface area contributed by atoms with E-state index in [1.807, 2.05) is 0 Å². The summed E-state index contributed by atoms with van der Waals surface area (Å²) in [5, 5.41) is 3.18. The van der Waals surface area contributed by atoms with Gasteiger partial charge >= 0.3 is 0 Å². The molecule has 3 heteroatoms. The van der Waals surface area contributed by atoms with Gasteiger partial charge in [-0.2, -0.15) is 0 Å². The molecule has 5 fully saturated rings. The summed E-state index contributed by atoms with van der Waals surface area (Å²) >= 11 is 0. The number of carbonyl (C=O) groups is 1. The summed E-state index contributed by atoms with van der Waals surface area (Å²) in [6.07, 6.45) is 7.40. The lowest BCUT2D eigenvalue weighted by molar-refractivity contribution is -0.135. The van der Waals surface area contributed by atoms with Crippen LogP contribution in [0.5, 0.6) is 0 Å². The maximum atomic E-state index is 11.9. The van der Waals surface area contributed by atoms with E-state index in [2.05, 4.69) is 10.2 Å². The number of rotatable bonds is 2. The van der Waals surface area contributed by atoms with Crippen LogP contribution in [-0.2, 0) is 4.79 Å². The van der Waals surface area contributed by atoms with Gasteiger partial charge in [-0.15, -0.1) is 0 Å². The van der Waals surface area contributed by atoms with Gasteiger partial charge in [0.1, 0.15) is 0 Å². The van der Waals surface area contributed by atoms with Crippen LogP contribution < -0.4 is 5.32 Å². The fourth-order valence-electron chi connectivity index (χ4n) is 5.43. The lowest BCUT2D eigenvalue weighted by Gasteiger charge is -2.55. The Labute approximate surface area is 109 Å². The number of nitrogens with one attached hydrogen (secondary N) is 1. The maximum Gasteiger partial charge on any atom is 0.236 e. The highest BCUT2D eigenvalue weighted by atomic mass is 16.2. The van der Waals surface area contributed by atoms with Gasteiger partial charge in [0.2, 0.25) is 5.91 Å². The summed E-state index contributed by atoms with van der Waals surface area (Å²) in [5.74, 6) is 5.15. The molecular weight excluding hydrogens is 224 g/mol. The van der Waals surface area contributed by atoms with E-state index < -0.39 is 0 Å². The third kappa shape index (κ3) is 1.78. The maximum absolute atomic E-state index is 11.9. The van der Waals surface area contributed by atoms with Crippen molar-refractivity contribution in [2.75, 3.05) is 26.2 Å². The molecule has 4 bridgehead atoms. The van der Waals surface area contributed by atoms with Gasteiger partial charge in [0.25, 0.3) is 0 Å². The summed E-state index contributed by atoms with van der Waals surface area (Å²) in [5.41, 5.74) is 0. The molecule has 4 aliphatic carbocycles. The second kappa shape index (κ2) is 4.22. The van der Waals surface area contributed by atoms with Gasteiger partial charge in [0.05, 0.1) is 6.54 Å². The molecule has 0 atom stereocenters.